The Kier molecular flexibility index (Phi) is 6.29. The largest absolute Gasteiger partial charge is 0.481 e. The zero-order chi connectivity index (χ0) is 19.5. The second-order valence-corrected chi connectivity index (χ2v) is 14.4. The van der Waals surface area contributed by atoms with Crippen LogP contribution >= 0.6 is 0 Å². The van der Waals surface area contributed by atoms with Crippen LogP contribution in [0.5, 0.6) is 0 Å². The van der Waals surface area contributed by atoms with Gasteiger partial charge in [-0.25, -0.2) is 0 Å². The lowest BCUT2D eigenvalue weighted by Gasteiger charge is -2.28. The quantitative estimate of drug-likeness (QED) is 0.554. The van der Waals surface area contributed by atoms with Gasteiger partial charge in [-0.1, -0.05) is 57.8 Å². The van der Waals surface area contributed by atoms with Crippen LogP contribution in [0.25, 0.3) is 0 Å². The molecule has 1 heterocycles. The molecule has 1 aromatic rings. The van der Waals surface area contributed by atoms with E-state index in [1.165, 1.54) is 0 Å². The maximum atomic E-state index is 12.5. The highest BCUT2D eigenvalue weighted by Gasteiger charge is 2.51. The molecular weight excluding hydrogens is 346 g/mol. The molecule has 0 aliphatic carbocycles. The number of carbonyl (C=O) groups excluding carboxylic acids is 1. The van der Waals surface area contributed by atoms with Gasteiger partial charge in [0.15, 0.2) is 0 Å². The van der Waals surface area contributed by atoms with E-state index < -0.39 is 19.5 Å². The molecular formula is C20H31NO4Si. The molecule has 6 heteroatoms. The Labute approximate surface area is 157 Å². The Morgan fingerprint density at radius 2 is 1.96 bits per heavy atom. The number of carboxylic acids is 1. The van der Waals surface area contributed by atoms with E-state index >= 15 is 0 Å². The van der Waals surface area contributed by atoms with E-state index in [0.717, 1.165) is 17.2 Å². The fraction of sp³-hybridized carbons (Fsp3) is 0.600. The third kappa shape index (κ3) is 4.54. The monoisotopic (exact) mass is 377 g/mol. The summed E-state index contributed by atoms with van der Waals surface area (Å²) in [6, 6.07) is 8.61. The lowest BCUT2D eigenvalue weighted by atomic mass is 9.75. The highest BCUT2D eigenvalue weighted by Crippen LogP contribution is 2.39. The van der Waals surface area contributed by atoms with Gasteiger partial charge in [0.25, 0.3) is 0 Å². The molecule has 1 aliphatic rings. The van der Waals surface area contributed by atoms with Crippen molar-refractivity contribution in [2.75, 3.05) is 19.9 Å². The van der Waals surface area contributed by atoms with Gasteiger partial charge in [-0.15, -0.1) is 0 Å². The number of benzene rings is 1. The maximum Gasteiger partial charge on any atom is 0.316 e. The third-order valence-electron chi connectivity index (χ3n) is 5.02. The Balaban J connectivity index is 2.19. The van der Waals surface area contributed by atoms with Gasteiger partial charge in [0.2, 0.25) is 5.91 Å². The van der Waals surface area contributed by atoms with Crippen molar-refractivity contribution < 1.29 is 19.4 Å². The number of amides is 1. The smallest absolute Gasteiger partial charge is 0.316 e. The molecule has 0 spiro atoms. The van der Waals surface area contributed by atoms with E-state index in [1.54, 1.807) is 4.90 Å². The number of likely N-dealkylation sites (tertiary alicyclic amines) is 1. The zero-order valence-electron chi connectivity index (χ0n) is 16.5. The van der Waals surface area contributed by atoms with Gasteiger partial charge in [-0.3, -0.25) is 9.59 Å². The van der Waals surface area contributed by atoms with Crippen LogP contribution in [0.3, 0.4) is 0 Å². The topological polar surface area (TPSA) is 66.8 Å². The van der Waals surface area contributed by atoms with Crippen LogP contribution in [0.4, 0.5) is 0 Å². The molecule has 0 bridgehead atoms. The Morgan fingerprint density at radius 3 is 2.54 bits per heavy atom. The fourth-order valence-corrected chi connectivity index (χ4v) is 4.14. The molecule has 5 nitrogen and oxygen atoms in total. The van der Waals surface area contributed by atoms with E-state index in [2.05, 4.69) is 19.6 Å². The molecule has 0 saturated carbocycles. The number of hydrogen-bond donors (Lipinski definition) is 1. The number of rotatable bonds is 8. The summed E-state index contributed by atoms with van der Waals surface area (Å²) < 4.78 is 5.70. The lowest BCUT2D eigenvalue weighted by Crippen LogP contribution is -2.40. The van der Waals surface area contributed by atoms with Gasteiger partial charge < -0.3 is 14.7 Å². The highest BCUT2D eigenvalue weighted by atomic mass is 28.3. The van der Waals surface area contributed by atoms with Gasteiger partial charge in [0, 0.05) is 27.6 Å². The maximum absolute atomic E-state index is 12.5. The van der Waals surface area contributed by atoms with Crippen LogP contribution in [0.1, 0.15) is 37.3 Å². The number of aliphatic carboxylic acids is 1. The van der Waals surface area contributed by atoms with Crippen LogP contribution in [-0.4, -0.2) is 49.8 Å². The van der Waals surface area contributed by atoms with Gasteiger partial charge >= 0.3 is 5.97 Å². The molecule has 1 saturated heterocycles. The minimum Gasteiger partial charge on any atom is -0.481 e. The summed E-state index contributed by atoms with van der Waals surface area (Å²) in [6.07, 6.45) is -0.0105. The van der Waals surface area contributed by atoms with Crippen molar-refractivity contribution in [2.24, 2.45) is 0 Å². The lowest BCUT2D eigenvalue weighted by molar-refractivity contribution is -0.143. The van der Waals surface area contributed by atoms with Crippen molar-refractivity contribution in [2.45, 2.75) is 57.3 Å². The van der Waals surface area contributed by atoms with E-state index in [0.29, 0.717) is 6.61 Å². The number of carboxylic acid groups (broad SMARTS) is 1. The SMILES string of the molecule is CC(C)c1ccccc1C1(C(=O)O)CC(=O)N(COCC[Si](C)(C)C)C1. The zero-order valence-corrected chi connectivity index (χ0v) is 17.5. The standard InChI is InChI=1S/C20H31NO4Si/c1-15(2)16-8-6-7-9-17(16)20(19(23)24)12-18(22)21(13-20)14-25-10-11-26(3,4)5/h6-9,15H,10-14H2,1-5H3,(H,23,24). The predicted octanol–water partition coefficient (Wildman–Crippen LogP) is 3.68. The summed E-state index contributed by atoms with van der Waals surface area (Å²) in [5, 5.41) is 10.0. The molecule has 1 amide bonds. The van der Waals surface area contributed by atoms with E-state index in [1.807, 2.05) is 38.1 Å². The second kappa shape index (κ2) is 7.92. The molecule has 1 aromatic carbocycles. The first-order chi connectivity index (χ1) is 12.1. The molecule has 1 fully saturated rings. The molecule has 2 rings (SSSR count). The second-order valence-electron chi connectivity index (χ2n) is 8.75. The molecule has 1 aliphatic heterocycles. The summed E-state index contributed by atoms with van der Waals surface area (Å²) in [4.78, 5) is 26.3. The van der Waals surface area contributed by atoms with Crippen LogP contribution < -0.4 is 0 Å². The van der Waals surface area contributed by atoms with E-state index in [-0.39, 0.29) is 31.5 Å². The van der Waals surface area contributed by atoms with E-state index in [9.17, 15) is 14.7 Å². The number of hydrogen-bond acceptors (Lipinski definition) is 3. The van der Waals surface area contributed by atoms with Crippen molar-refractivity contribution >= 4 is 20.0 Å². The fourth-order valence-electron chi connectivity index (χ4n) is 3.39. The molecule has 0 aromatic heterocycles. The van der Waals surface area contributed by atoms with Gasteiger partial charge in [-0.2, -0.15) is 0 Å². The predicted molar refractivity (Wildman–Crippen MR) is 105 cm³/mol. The first kappa shape index (κ1) is 20.6. The van der Waals surface area contributed by atoms with Crippen LogP contribution in [0, 0.1) is 0 Å². The average molecular weight is 378 g/mol. The normalized spacial score (nSPS) is 20.8. The van der Waals surface area contributed by atoms with Crippen LogP contribution in [0.15, 0.2) is 24.3 Å². The van der Waals surface area contributed by atoms with E-state index in [4.69, 9.17) is 4.74 Å². The summed E-state index contributed by atoms with van der Waals surface area (Å²) >= 11 is 0. The average Bonchev–Trinajstić information content (AvgIpc) is 2.89. The van der Waals surface area contributed by atoms with Crippen molar-refractivity contribution in [1.29, 1.82) is 0 Å². The van der Waals surface area contributed by atoms with Crippen molar-refractivity contribution in [3.63, 3.8) is 0 Å². The van der Waals surface area contributed by atoms with Gasteiger partial charge in [-0.05, 0) is 23.1 Å². The first-order valence-corrected chi connectivity index (χ1v) is 13.0. The number of ether oxygens (including phenoxy) is 1. The Morgan fingerprint density at radius 1 is 1.31 bits per heavy atom. The van der Waals surface area contributed by atoms with Crippen LogP contribution in [-0.2, 0) is 19.7 Å². The third-order valence-corrected chi connectivity index (χ3v) is 6.72. The molecule has 26 heavy (non-hydrogen) atoms. The van der Waals surface area contributed by atoms with Crippen molar-refractivity contribution in [3.8, 4) is 0 Å². The molecule has 144 valence electrons. The van der Waals surface area contributed by atoms with Crippen molar-refractivity contribution in [3.05, 3.63) is 35.4 Å². The minimum atomic E-state index is -1.19. The van der Waals surface area contributed by atoms with Gasteiger partial charge in [0.1, 0.15) is 12.1 Å². The molecule has 1 N–H and O–H groups in total. The number of nitrogens with zero attached hydrogens (tertiary/aromatic N) is 1. The summed E-state index contributed by atoms with van der Waals surface area (Å²) in [5.74, 6) is -0.901. The summed E-state index contributed by atoms with van der Waals surface area (Å²) in [7, 11) is -1.19. The van der Waals surface area contributed by atoms with Crippen LogP contribution in [0.2, 0.25) is 25.7 Å². The molecule has 0 radical (unpaired) electrons. The molecule has 1 atom stereocenters. The highest BCUT2D eigenvalue weighted by molar-refractivity contribution is 6.76. The Hall–Kier alpha value is -1.66. The number of carbonyl (C=O) groups is 2. The summed E-state index contributed by atoms with van der Waals surface area (Å²) in [6.45, 7) is 11.9. The Bertz CT molecular complexity index is 668. The minimum absolute atomic E-state index is 0.0105. The first-order valence-electron chi connectivity index (χ1n) is 9.25. The molecule has 1 unspecified atom stereocenters. The van der Waals surface area contributed by atoms with Gasteiger partial charge in [0.05, 0.1) is 0 Å². The van der Waals surface area contributed by atoms with Crippen molar-refractivity contribution in [1.82, 2.24) is 4.90 Å². The summed E-state index contributed by atoms with van der Waals surface area (Å²) in [5.41, 5.74) is 0.546.